The van der Waals surface area contributed by atoms with Gasteiger partial charge in [0.2, 0.25) is 4.96 Å². The summed E-state index contributed by atoms with van der Waals surface area (Å²) in [6, 6.07) is 9.56. The first-order chi connectivity index (χ1) is 12.5. The van der Waals surface area contributed by atoms with Crippen LogP contribution in [-0.4, -0.2) is 19.8 Å². The van der Waals surface area contributed by atoms with Gasteiger partial charge in [0.15, 0.2) is 10.8 Å². The number of halogens is 4. The molecule has 26 heavy (non-hydrogen) atoms. The normalized spacial score (nSPS) is 11.2. The first-order valence-electron chi connectivity index (χ1n) is 7.25. The van der Waals surface area contributed by atoms with Gasteiger partial charge < -0.3 is 4.74 Å². The lowest BCUT2D eigenvalue weighted by atomic mass is 10.2. The summed E-state index contributed by atoms with van der Waals surface area (Å²) >= 11 is 19.1. The lowest BCUT2D eigenvalue weighted by Gasteiger charge is -2.04. The van der Waals surface area contributed by atoms with Crippen LogP contribution in [0.15, 0.2) is 36.4 Å². The van der Waals surface area contributed by atoms with E-state index in [0.717, 1.165) is 0 Å². The summed E-state index contributed by atoms with van der Waals surface area (Å²) in [6.07, 6.45) is 0. The lowest BCUT2D eigenvalue weighted by Crippen LogP contribution is -1.98. The molecule has 0 unspecified atom stereocenters. The van der Waals surface area contributed by atoms with E-state index in [0.29, 0.717) is 32.1 Å². The Hall–Kier alpha value is -1.93. The average molecular weight is 430 g/mol. The highest BCUT2D eigenvalue weighted by molar-refractivity contribution is 7.16. The van der Waals surface area contributed by atoms with E-state index in [9.17, 15) is 4.39 Å². The molecule has 0 fully saturated rings. The zero-order valence-electron chi connectivity index (χ0n) is 12.8. The third-order valence-electron chi connectivity index (χ3n) is 3.46. The number of rotatable bonds is 4. The van der Waals surface area contributed by atoms with Crippen LogP contribution in [0.4, 0.5) is 4.39 Å². The Bertz CT molecular complexity index is 1100. The second-order valence-corrected chi connectivity index (χ2v) is 7.49. The Kier molecular flexibility index (Phi) is 4.71. The van der Waals surface area contributed by atoms with E-state index < -0.39 is 5.82 Å². The van der Waals surface area contributed by atoms with Crippen molar-refractivity contribution < 1.29 is 9.13 Å². The van der Waals surface area contributed by atoms with Gasteiger partial charge in [-0.05, 0) is 36.4 Å². The highest BCUT2D eigenvalue weighted by Crippen LogP contribution is 2.32. The van der Waals surface area contributed by atoms with Crippen molar-refractivity contribution in [3.8, 4) is 17.1 Å². The monoisotopic (exact) mass is 428 g/mol. The fourth-order valence-electron chi connectivity index (χ4n) is 2.25. The summed E-state index contributed by atoms with van der Waals surface area (Å²) in [6.45, 7) is 0.248. The second-order valence-electron chi connectivity index (χ2n) is 5.20. The van der Waals surface area contributed by atoms with Crippen LogP contribution in [0.5, 0.6) is 5.75 Å². The van der Waals surface area contributed by atoms with Crippen molar-refractivity contribution >= 4 is 51.1 Å². The van der Waals surface area contributed by atoms with Crippen molar-refractivity contribution in [1.82, 2.24) is 19.8 Å². The lowest BCUT2D eigenvalue weighted by molar-refractivity contribution is 0.304. The predicted molar refractivity (Wildman–Crippen MR) is 99.9 cm³/mol. The van der Waals surface area contributed by atoms with Crippen LogP contribution in [0.25, 0.3) is 16.3 Å². The number of hydrogen-bond donors (Lipinski definition) is 0. The molecule has 2 heterocycles. The molecule has 0 spiro atoms. The second kappa shape index (κ2) is 7.00. The maximum absolute atomic E-state index is 13.8. The van der Waals surface area contributed by atoms with E-state index in [1.54, 1.807) is 24.3 Å². The summed E-state index contributed by atoms with van der Waals surface area (Å²) in [5, 5.41) is 14.0. The Morgan fingerprint density at radius 1 is 1.04 bits per heavy atom. The molecule has 0 amide bonds. The Morgan fingerprint density at radius 2 is 1.81 bits per heavy atom. The molecule has 5 nitrogen and oxygen atoms in total. The summed E-state index contributed by atoms with van der Waals surface area (Å²) in [4.78, 5) is 0.543. The van der Waals surface area contributed by atoms with Gasteiger partial charge >= 0.3 is 0 Å². The van der Waals surface area contributed by atoms with E-state index in [-0.39, 0.29) is 16.7 Å². The molecule has 0 bridgehead atoms. The fraction of sp³-hybridized carbons (Fsp3) is 0.0625. The van der Waals surface area contributed by atoms with Gasteiger partial charge in [-0.15, -0.1) is 10.2 Å². The summed E-state index contributed by atoms with van der Waals surface area (Å²) in [7, 11) is 0. The van der Waals surface area contributed by atoms with Gasteiger partial charge in [0, 0.05) is 10.6 Å². The van der Waals surface area contributed by atoms with E-state index >= 15 is 0 Å². The van der Waals surface area contributed by atoms with Crippen molar-refractivity contribution in [2.75, 3.05) is 0 Å². The Labute approximate surface area is 165 Å². The van der Waals surface area contributed by atoms with Crippen molar-refractivity contribution in [1.29, 1.82) is 0 Å². The van der Waals surface area contributed by atoms with Crippen LogP contribution in [0, 0.1) is 5.82 Å². The molecule has 2 aromatic heterocycles. The fourth-order valence-corrected chi connectivity index (χ4v) is 3.59. The topological polar surface area (TPSA) is 52.3 Å². The molecule has 4 rings (SSSR count). The molecule has 0 radical (unpaired) electrons. The van der Waals surface area contributed by atoms with E-state index in [1.165, 1.54) is 28.0 Å². The first-order valence-corrected chi connectivity index (χ1v) is 9.21. The molecule has 0 atom stereocenters. The molecular formula is C16H8Cl3FN4OS. The molecule has 0 aliphatic heterocycles. The maximum atomic E-state index is 13.8. The van der Waals surface area contributed by atoms with Gasteiger partial charge in [-0.25, -0.2) is 4.39 Å². The number of hydrogen-bond acceptors (Lipinski definition) is 5. The Balaban J connectivity index is 1.63. The average Bonchev–Trinajstić information content (AvgIpc) is 3.18. The minimum Gasteiger partial charge on any atom is -0.486 e. The standard InChI is InChI=1S/C16H8Cl3FN4OS/c17-8-1-3-9(4-2-8)25-7-14-23-24-15(21-22-16(24)26-14)10-5-13(20)12(19)6-11(10)18/h1-6H,7H2. The minimum absolute atomic E-state index is 0.0603. The number of aromatic nitrogens is 4. The van der Waals surface area contributed by atoms with Gasteiger partial charge in [-0.1, -0.05) is 46.1 Å². The van der Waals surface area contributed by atoms with E-state index in [1.807, 2.05) is 0 Å². The molecular weight excluding hydrogens is 422 g/mol. The summed E-state index contributed by atoms with van der Waals surface area (Å²) < 4.78 is 21.0. The van der Waals surface area contributed by atoms with Crippen LogP contribution in [0.3, 0.4) is 0 Å². The highest BCUT2D eigenvalue weighted by Gasteiger charge is 2.18. The van der Waals surface area contributed by atoms with Gasteiger partial charge in [-0.2, -0.15) is 9.61 Å². The van der Waals surface area contributed by atoms with Crippen molar-refractivity contribution in [2.45, 2.75) is 6.61 Å². The number of ether oxygens (including phenoxy) is 1. The quantitative estimate of drug-likeness (QED) is 0.400. The SMILES string of the molecule is Fc1cc(-c2nnc3sc(COc4ccc(Cl)cc4)nn23)c(Cl)cc1Cl. The van der Waals surface area contributed by atoms with E-state index in [4.69, 9.17) is 39.5 Å². The Morgan fingerprint density at radius 3 is 2.58 bits per heavy atom. The highest BCUT2D eigenvalue weighted by atomic mass is 35.5. The molecule has 0 aliphatic carbocycles. The number of nitrogens with zero attached hydrogens (tertiary/aromatic N) is 4. The molecule has 4 aromatic rings. The third-order valence-corrected chi connectivity index (χ3v) is 5.19. The largest absolute Gasteiger partial charge is 0.486 e. The third kappa shape index (κ3) is 3.35. The summed E-state index contributed by atoms with van der Waals surface area (Å²) in [5.74, 6) is 0.405. The van der Waals surface area contributed by atoms with Crippen molar-refractivity contribution in [3.05, 3.63) is 62.3 Å². The first kappa shape index (κ1) is 17.5. The van der Waals surface area contributed by atoms with Crippen LogP contribution < -0.4 is 4.74 Å². The molecule has 0 saturated heterocycles. The zero-order valence-corrected chi connectivity index (χ0v) is 15.9. The van der Waals surface area contributed by atoms with Gasteiger partial charge in [0.25, 0.3) is 0 Å². The van der Waals surface area contributed by atoms with E-state index in [2.05, 4.69) is 15.3 Å². The van der Waals surface area contributed by atoms with Gasteiger partial charge in [0.1, 0.15) is 18.2 Å². The smallest absolute Gasteiger partial charge is 0.235 e. The van der Waals surface area contributed by atoms with Crippen LogP contribution >= 0.6 is 46.1 Å². The molecule has 0 aliphatic rings. The van der Waals surface area contributed by atoms with Gasteiger partial charge in [-0.3, -0.25) is 0 Å². The molecule has 0 saturated carbocycles. The number of fused-ring (bicyclic) bond motifs is 1. The number of benzene rings is 2. The van der Waals surface area contributed by atoms with Gasteiger partial charge in [0.05, 0.1) is 10.0 Å². The molecule has 0 N–H and O–H groups in total. The molecule has 132 valence electrons. The van der Waals surface area contributed by atoms with Crippen molar-refractivity contribution in [3.63, 3.8) is 0 Å². The molecule has 10 heteroatoms. The summed E-state index contributed by atoms with van der Waals surface area (Å²) in [5.41, 5.74) is 0.358. The maximum Gasteiger partial charge on any atom is 0.235 e. The van der Waals surface area contributed by atoms with Crippen molar-refractivity contribution in [2.24, 2.45) is 0 Å². The molecule has 2 aromatic carbocycles. The minimum atomic E-state index is -0.593. The van der Waals surface area contributed by atoms with Crippen LogP contribution in [0.1, 0.15) is 5.01 Å². The predicted octanol–water partition coefficient (Wildman–Crippen LogP) is 5.53. The van der Waals surface area contributed by atoms with Crippen LogP contribution in [-0.2, 0) is 6.61 Å². The van der Waals surface area contributed by atoms with Crippen LogP contribution in [0.2, 0.25) is 15.1 Å². The zero-order chi connectivity index (χ0) is 18.3.